The van der Waals surface area contributed by atoms with Crippen LogP contribution in [0.5, 0.6) is 17.2 Å². The van der Waals surface area contributed by atoms with E-state index in [1.54, 1.807) is 54.5 Å². The molecule has 39 heavy (non-hydrogen) atoms. The van der Waals surface area contributed by atoms with Crippen molar-refractivity contribution >= 4 is 40.6 Å². The Balaban J connectivity index is 1.67. The van der Waals surface area contributed by atoms with Gasteiger partial charge in [-0.2, -0.15) is 0 Å². The summed E-state index contributed by atoms with van der Waals surface area (Å²) in [7, 11) is 1.59. The van der Waals surface area contributed by atoms with Crippen molar-refractivity contribution in [3.05, 3.63) is 88.3 Å². The number of rotatable bonds is 10. The van der Waals surface area contributed by atoms with Crippen LogP contribution < -0.4 is 14.2 Å². The zero-order chi connectivity index (χ0) is 27.8. The zero-order valence-electron chi connectivity index (χ0n) is 21.4. The van der Waals surface area contributed by atoms with E-state index < -0.39 is 5.97 Å². The predicted molar refractivity (Wildman–Crippen MR) is 152 cm³/mol. The van der Waals surface area contributed by atoms with E-state index in [4.69, 9.17) is 25.6 Å². The molecule has 1 aliphatic heterocycles. The molecule has 1 amide bonds. The Morgan fingerprint density at radius 3 is 2.46 bits per heavy atom. The Bertz CT molecular complexity index is 1460. The molecule has 9 heteroatoms. The minimum absolute atomic E-state index is 0.114. The van der Waals surface area contributed by atoms with Gasteiger partial charge in [0.25, 0.3) is 5.91 Å². The number of thioether (sulfide) groups is 1. The van der Waals surface area contributed by atoms with E-state index in [-0.39, 0.29) is 24.6 Å². The highest BCUT2D eigenvalue weighted by Gasteiger charge is 2.33. The number of carboxylic acid groups (broad SMARTS) is 1. The molecule has 0 bridgehead atoms. The molecule has 3 aromatic carbocycles. The number of carbonyl (C=O) groups excluding carboxylic acids is 1. The van der Waals surface area contributed by atoms with Gasteiger partial charge in [0.15, 0.2) is 16.7 Å². The first-order valence-electron chi connectivity index (χ1n) is 12.0. The number of carbonyl (C=O) groups is 2. The Labute approximate surface area is 230 Å². The first kappa shape index (κ1) is 27.4. The molecular formula is C30H26N2O6S. The third-order valence-electron chi connectivity index (χ3n) is 5.60. The summed E-state index contributed by atoms with van der Waals surface area (Å²) in [5, 5.41) is 9.70. The molecular weight excluding hydrogens is 516 g/mol. The summed E-state index contributed by atoms with van der Waals surface area (Å²) in [6.45, 7) is 2.64. The van der Waals surface area contributed by atoms with E-state index in [1.807, 2.05) is 25.1 Å². The summed E-state index contributed by atoms with van der Waals surface area (Å²) < 4.78 is 16.5. The molecule has 0 atom stereocenters. The number of aliphatic imine (C=N–C) groups is 1. The fraction of sp³-hybridized carbons (Fsp3) is 0.167. The number of carboxylic acids is 1. The van der Waals surface area contributed by atoms with Crippen molar-refractivity contribution in [2.24, 2.45) is 4.99 Å². The largest absolute Gasteiger partial charge is 0.497 e. The van der Waals surface area contributed by atoms with Crippen LogP contribution in [0.1, 0.15) is 28.4 Å². The fourth-order valence-corrected chi connectivity index (χ4v) is 4.70. The summed E-state index contributed by atoms with van der Waals surface area (Å²) in [5.41, 5.74) is 2.35. The number of amidine groups is 1. The van der Waals surface area contributed by atoms with Crippen LogP contribution in [0.25, 0.3) is 6.08 Å². The SMILES string of the molecule is C#CCOc1ccc(/C=C2\SC(=Nc3ccc(OC)cc3)N(Cc3ccc(C(=O)O)cc3)C2=O)cc1OCC. The van der Waals surface area contributed by atoms with Crippen molar-refractivity contribution in [2.75, 3.05) is 20.3 Å². The second-order valence-electron chi connectivity index (χ2n) is 8.23. The third kappa shape index (κ3) is 6.80. The van der Waals surface area contributed by atoms with Crippen LogP contribution in [0, 0.1) is 12.3 Å². The number of methoxy groups -OCH3 is 1. The number of hydrogen-bond donors (Lipinski definition) is 1. The van der Waals surface area contributed by atoms with Crippen LogP contribution in [0.4, 0.5) is 5.69 Å². The monoisotopic (exact) mass is 542 g/mol. The average Bonchev–Trinajstić information content (AvgIpc) is 3.22. The quantitative estimate of drug-likeness (QED) is 0.263. The molecule has 8 nitrogen and oxygen atoms in total. The molecule has 4 rings (SSSR count). The number of amides is 1. The van der Waals surface area contributed by atoms with Crippen molar-refractivity contribution in [1.29, 1.82) is 0 Å². The van der Waals surface area contributed by atoms with E-state index in [1.165, 1.54) is 23.9 Å². The highest BCUT2D eigenvalue weighted by molar-refractivity contribution is 8.18. The fourth-order valence-electron chi connectivity index (χ4n) is 3.71. The molecule has 1 fully saturated rings. The molecule has 198 valence electrons. The second kappa shape index (κ2) is 12.7. The van der Waals surface area contributed by atoms with Crippen LogP contribution in [-0.4, -0.2) is 47.4 Å². The lowest BCUT2D eigenvalue weighted by Crippen LogP contribution is -2.28. The molecule has 0 unspecified atom stereocenters. The van der Waals surface area contributed by atoms with Crippen LogP contribution in [0.2, 0.25) is 0 Å². The highest BCUT2D eigenvalue weighted by atomic mass is 32.2. The average molecular weight is 543 g/mol. The van der Waals surface area contributed by atoms with Crippen molar-refractivity contribution in [3.8, 4) is 29.6 Å². The van der Waals surface area contributed by atoms with E-state index in [9.17, 15) is 14.7 Å². The lowest BCUT2D eigenvalue weighted by Gasteiger charge is -2.16. The Kier molecular flexibility index (Phi) is 8.92. The van der Waals surface area contributed by atoms with E-state index >= 15 is 0 Å². The number of ether oxygens (including phenoxy) is 3. The maximum absolute atomic E-state index is 13.6. The molecule has 0 radical (unpaired) electrons. The van der Waals surface area contributed by atoms with Gasteiger partial charge in [-0.1, -0.05) is 24.1 Å². The van der Waals surface area contributed by atoms with Crippen molar-refractivity contribution in [2.45, 2.75) is 13.5 Å². The Hall–Kier alpha value is -4.68. The lowest BCUT2D eigenvalue weighted by atomic mass is 10.1. The van der Waals surface area contributed by atoms with Gasteiger partial charge >= 0.3 is 5.97 Å². The molecule has 1 aliphatic rings. The standard InChI is InChI=1S/C30H26N2O6S/c1-4-16-38-25-15-8-21(17-26(25)37-5-2)18-27-28(33)32(19-20-6-9-22(10-7-20)29(34)35)30(39-27)31-23-11-13-24(36-3)14-12-23/h1,6-15,17-18H,5,16,19H2,2-3H3,(H,34,35)/b27-18-,31-30?. The molecule has 1 saturated heterocycles. The van der Waals surface area contributed by atoms with Crippen molar-refractivity contribution in [1.82, 2.24) is 4.90 Å². The first-order chi connectivity index (χ1) is 18.9. The van der Waals surface area contributed by atoms with Gasteiger partial charge in [0.05, 0.1) is 36.4 Å². The van der Waals surface area contributed by atoms with Gasteiger partial charge in [-0.25, -0.2) is 9.79 Å². The van der Waals surface area contributed by atoms with Gasteiger partial charge in [0.1, 0.15) is 12.4 Å². The highest BCUT2D eigenvalue weighted by Crippen LogP contribution is 2.37. The minimum Gasteiger partial charge on any atom is -0.497 e. The molecule has 0 saturated carbocycles. The zero-order valence-corrected chi connectivity index (χ0v) is 22.2. The third-order valence-corrected chi connectivity index (χ3v) is 6.61. The van der Waals surface area contributed by atoms with Crippen LogP contribution >= 0.6 is 11.8 Å². The lowest BCUT2D eigenvalue weighted by molar-refractivity contribution is -0.122. The minimum atomic E-state index is -1.01. The maximum Gasteiger partial charge on any atom is 0.335 e. The summed E-state index contributed by atoms with van der Waals surface area (Å²) in [6.07, 6.45) is 7.09. The summed E-state index contributed by atoms with van der Waals surface area (Å²) in [4.78, 5) is 31.6. The summed E-state index contributed by atoms with van der Waals surface area (Å²) >= 11 is 1.25. The van der Waals surface area contributed by atoms with Gasteiger partial charge in [-0.05, 0) is 84.4 Å². The van der Waals surface area contributed by atoms with Crippen molar-refractivity contribution in [3.63, 3.8) is 0 Å². The van der Waals surface area contributed by atoms with Crippen LogP contribution in [0.3, 0.4) is 0 Å². The van der Waals surface area contributed by atoms with E-state index in [0.29, 0.717) is 39.6 Å². The maximum atomic E-state index is 13.6. The van der Waals surface area contributed by atoms with Crippen LogP contribution in [0.15, 0.2) is 76.6 Å². The van der Waals surface area contributed by atoms with E-state index in [2.05, 4.69) is 5.92 Å². The number of aromatic carboxylic acids is 1. The Morgan fingerprint density at radius 1 is 1.08 bits per heavy atom. The topological polar surface area (TPSA) is 97.7 Å². The van der Waals surface area contributed by atoms with Crippen LogP contribution in [-0.2, 0) is 11.3 Å². The molecule has 3 aromatic rings. The predicted octanol–water partition coefficient (Wildman–Crippen LogP) is 5.61. The molecule has 0 aromatic heterocycles. The number of benzene rings is 3. The van der Waals surface area contributed by atoms with Gasteiger partial charge in [0.2, 0.25) is 0 Å². The molecule has 0 spiro atoms. The second-order valence-corrected chi connectivity index (χ2v) is 9.24. The number of nitrogens with zero attached hydrogens (tertiary/aromatic N) is 2. The number of hydrogen-bond acceptors (Lipinski definition) is 7. The summed E-state index contributed by atoms with van der Waals surface area (Å²) in [5.74, 6) is 2.95. The van der Waals surface area contributed by atoms with Gasteiger partial charge in [-0.3, -0.25) is 9.69 Å². The summed E-state index contributed by atoms with van der Waals surface area (Å²) in [6, 6.07) is 19.0. The molecule has 1 heterocycles. The Morgan fingerprint density at radius 2 is 1.82 bits per heavy atom. The van der Waals surface area contributed by atoms with Gasteiger partial charge in [0, 0.05) is 0 Å². The van der Waals surface area contributed by atoms with Gasteiger partial charge in [-0.15, -0.1) is 6.42 Å². The molecule has 0 aliphatic carbocycles. The van der Waals surface area contributed by atoms with E-state index in [0.717, 1.165) is 11.1 Å². The first-order valence-corrected chi connectivity index (χ1v) is 12.8. The molecule has 1 N–H and O–H groups in total. The normalized spacial score (nSPS) is 14.9. The van der Waals surface area contributed by atoms with Gasteiger partial charge < -0.3 is 19.3 Å². The van der Waals surface area contributed by atoms with Crippen molar-refractivity contribution < 1.29 is 28.9 Å². The number of terminal acetylenes is 1. The smallest absolute Gasteiger partial charge is 0.335 e.